The zero-order valence-corrected chi connectivity index (χ0v) is 12.5. The molecule has 1 aromatic heterocycles. The van der Waals surface area contributed by atoms with Crippen LogP contribution in [0.5, 0.6) is 5.75 Å². The minimum absolute atomic E-state index is 0.0318. The van der Waals surface area contributed by atoms with Crippen molar-refractivity contribution < 1.29 is 4.74 Å². The van der Waals surface area contributed by atoms with Crippen molar-refractivity contribution >= 4 is 0 Å². The van der Waals surface area contributed by atoms with Crippen LogP contribution < -0.4 is 10.5 Å². The third-order valence-corrected chi connectivity index (χ3v) is 3.42. The molecule has 1 aromatic carbocycles. The first-order chi connectivity index (χ1) is 9.59. The van der Waals surface area contributed by atoms with Crippen molar-refractivity contribution in [1.29, 1.82) is 0 Å². The first kappa shape index (κ1) is 14.6. The van der Waals surface area contributed by atoms with E-state index in [9.17, 15) is 0 Å². The highest BCUT2D eigenvalue weighted by molar-refractivity contribution is 5.27. The summed E-state index contributed by atoms with van der Waals surface area (Å²) in [6.07, 6.45) is 0.926. The third kappa shape index (κ3) is 3.39. The molecule has 4 nitrogen and oxygen atoms in total. The van der Waals surface area contributed by atoms with E-state index in [1.807, 2.05) is 48.9 Å². The molecule has 2 N–H and O–H groups in total. The molecule has 0 aliphatic carbocycles. The summed E-state index contributed by atoms with van der Waals surface area (Å²) in [4.78, 5) is 0. The van der Waals surface area contributed by atoms with Gasteiger partial charge in [-0.15, -0.1) is 0 Å². The van der Waals surface area contributed by atoms with Gasteiger partial charge in [0, 0.05) is 30.3 Å². The molecule has 0 aliphatic heterocycles. The van der Waals surface area contributed by atoms with Gasteiger partial charge in [-0.2, -0.15) is 5.10 Å². The van der Waals surface area contributed by atoms with Gasteiger partial charge < -0.3 is 10.5 Å². The summed E-state index contributed by atoms with van der Waals surface area (Å²) in [5.41, 5.74) is 9.34. The summed E-state index contributed by atoms with van der Waals surface area (Å²) in [5.74, 6) is 0.914. The molecule has 2 aromatic rings. The van der Waals surface area contributed by atoms with Crippen LogP contribution in [0.1, 0.15) is 36.3 Å². The lowest BCUT2D eigenvalue weighted by atomic mass is 10.1. The molecule has 1 heterocycles. The maximum absolute atomic E-state index is 5.98. The Kier molecular flexibility index (Phi) is 4.79. The molecule has 0 aliphatic rings. The molecule has 0 bridgehead atoms. The van der Waals surface area contributed by atoms with Crippen molar-refractivity contribution in [3.63, 3.8) is 0 Å². The molecular formula is C16H23N3O. The molecule has 0 saturated heterocycles. The molecule has 2 rings (SSSR count). The summed E-state index contributed by atoms with van der Waals surface area (Å²) < 4.78 is 7.72. The zero-order valence-electron chi connectivity index (χ0n) is 12.5. The Balaban J connectivity index is 1.87. The number of hydrogen-bond donors (Lipinski definition) is 1. The van der Waals surface area contributed by atoms with Gasteiger partial charge in [-0.05, 0) is 32.9 Å². The lowest BCUT2D eigenvalue weighted by Gasteiger charge is -2.08. The lowest BCUT2D eigenvalue weighted by molar-refractivity contribution is 0.298. The minimum Gasteiger partial charge on any atom is -0.494 e. The number of aromatic nitrogens is 2. The first-order valence-corrected chi connectivity index (χ1v) is 7.07. The van der Waals surface area contributed by atoms with E-state index >= 15 is 0 Å². The fraction of sp³-hybridized carbons (Fsp3) is 0.438. The molecule has 0 radical (unpaired) electrons. The van der Waals surface area contributed by atoms with E-state index in [1.165, 1.54) is 0 Å². The van der Waals surface area contributed by atoms with E-state index in [1.54, 1.807) is 0 Å². The van der Waals surface area contributed by atoms with Gasteiger partial charge in [0.25, 0.3) is 0 Å². The second-order valence-corrected chi connectivity index (χ2v) is 5.11. The van der Waals surface area contributed by atoms with Crippen molar-refractivity contribution in [3.05, 3.63) is 47.3 Å². The highest BCUT2D eigenvalue weighted by Gasteiger charge is 2.14. The maximum Gasteiger partial charge on any atom is 0.119 e. The monoisotopic (exact) mass is 273 g/mol. The maximum atomic E-state index is 5.98. The smallest absolute Gasteiger partial charge is 0.119 e. The molecule has 20 heavy (non-hydrogen) atoms. The van der Waals surface area contributed by atoms with Gasteiger partial charge in [-0.3, -0.25) is 4.68 Å². The number of nitrogens with two attached hydrogens (primary N) is 1. The fourth-order valence-corrected chi connectivity index (χ4v) is 2.51. The summed E-state index contributed by atoms with van der Waals surface area (Å²) in [7, 11) is 0. The van der Waals surface area contributed by atoms with Crippen LogP contribution in [-0.2, 0) is 6.54 Å². The summed E-state index contributed by atoms with van der Waals surface area (Å²) in [5, 5.41) is 4.56. The van der Waals surface area contributed by atoms with Crippen molar-refractivity contribution in [2.24, 2.45) is 5.73 Å². The normalized spacial score (nSPS) is 12.4. The molecule has 0 amide bonds. The number of hydrogen-bond acceptors (Lipinski definition) is 3. The summed E-state index contributed by atoms with van der Waals surface area (Å²) >= 11 is 0. The van der Waals surface area contributed by atoms with Gasteiger partial charge in [0.15, 0.2) is 0 Å². The van der Waals surface area contributed by atoms with Crippen molar-refractivity contribution in [2.75, 3.05) is 6.61 Å². The number of aryl methyl sites for hydroxylation is 2. The molecule has 0 fully saturated rings. The second-order valence-electron chi connectivity index (χ2n) is 5.11. The average Bonchev–Trinajstić information content (AvgIpc) is 2.71. The van der Waals surface area contributed by atoms with Crippen LogP contribution in [0.3, 0.4) is 0 Å². The number of rotatable bonds is 6. The van der Waals surface area contributed by atoms with Crippen LogP contribution in [-0.4, -0.2) is 16.4 Å². The van der Waals surface area contributed by atoms with E-state index in [2.05, 4.69) is 12.0 Å². The molecule has 108 valence electrons. The van der Waals surface area contributed by atoms with E-state index < -0.39 is 0 Å². The van der Waals surface area contributed by atoms with Gasteiger partial charge in [-0.25, -0.2) is 0 Å². The molecule has 0 spiro atoms. The van der Waals surface area contributed by atoms with Gasteiger partial charge in [0.05, 0.1) is 12.3 Å². The zero-order chi connectivity index (χ0) is 14.5. The summed E-state index contributed by atoms with van der Waals surface area (Å²) in [6.45, 7) is 7.64. The van der Waals surface area contributed by atoms with Gasteiger partial charge >= 0.3 is 0 Å². The largest absolute Gasteiger partial charge is 0.494 e. The van der Waals surface area contributed by atoms with Crippen LogP contribution in [0.2, 0.25) is 0 Å². The SMILES string of the molecule is Cc1nn(CCCOc2ccccc2)c(C)c1C(C)N. The Morgan fingerprint density at radius 1 is 1.25 bits per heavy atom. The van der Waals surface area contributed by atoms with Crippen LogP contribution in [0.15, 0.2) is 30.3 Å². The third-order valence-electron chi connectivity index (χ3n) is 3.42. The summed E-state index contributed by atoms with van der Waals surface area (Å²) in [6, 6.07) is 9.91. The lowest BCUT2D eigenvalue weighted by Crippen LogP contribution is -2.10. The number of benzene rings is 1. The van der Waals surface area contributed by atoms with Crippen LogP contribution in [0.25, 0.3) is 0 Å². The van der Waals surface area contributed by atoms with Gasteiger partial charge in [-0.1, -0.05) is 18.2 Å². The molecule has 0 saturated carbocycles. The Hall–Kier alpha value is -1.81. The van der Waals surface area contributed by atoms with Crippen molar-refractivity contribution in [3.8, 4) is 5.75 Å². The minimum atomic E-state index is 0.0318. The van der Waals surface area contributed by atoms with Crippen LogP contribution >= 0.6 is 0 Å². The number of ether oxygens (including phenoxy) is 1. The molecule has 4 heteroatoms. The first-order valence-electron chi connectivity index (χ1n) is 7.07. The van der Waals surface area contributed by atoms with Crippen molar-refractivity contribution in [1.82, 2.24) is 9.78 Å². The van der Waals surface area contributed by atoms with Crippen LogP contribution in [0.4, 0.5) is 0 Å². The predicted octanol–water partition coefficient (Wildman–Crippen LogP) is 2.99. The Bertz CT molecular complexity index is 546. The number of para-hydroxylation sites is 1. The molecule has 1 atom stereocenters. The fourth-order valence-electron chi connectivity index (χ4n) is 2.51. The second kappa shape index (κ2) is 6.57. The molecule has 1 unspecified atom stereocenters. The Morgan fingerprint density at radius 3 is 2.55 bits per heavy atom. The number of nitrogens with zero attached hydrogens (tertiary/aromatic N) is 2. The molecular weight excluding hydrogens is 250 g/mol. The average molecular weight is 273 g/mol. The quantitative estimate of drug-likeness (QED) is 0.823. The van der Waals surface area contributed by atoms with E-state index in [-0.39, 0.29) is 6.04 Å². The van der Waals surface area contributed by atoms with Gasteiger partial charge in [0.2, 0.25) is 0 Å². The predicted molar refractivity (Wildman–Crippen MR) is 80.9 cm³/mol. The Morgan fingerprint density at radius 2 is 1.95 bits per heavy atom. The standard InChI is InChI=1S/C16H23N3O/c1-12(17)16-13(2)18-19(14(16)3)10-7-11-20-15-8-5-4-6-9-15/h4-6,8-9,12H,7,10-11,17H2,1-3H3. The van der Waals surface area contributed by atoms with Crippen LogP contribution in [0, 0.1) is 13.8 Å². The highest BCUT2D eigenvalue weighted by atomic mass is 16.5. The van der Waals surface area contributed by atoms with E-state index in [0.717, 1.165) is 35.7 Å². The Labute approximate surface area is 120 Å². The van der Waals surface area contributed by atoms with E-state index in [0.29, 0.717) is 6.61 Å². The van der Waals surface area contributed by atoms with Crippen molar-refractivity contribution in [2.45, 2.75) is 39.8 Å². The topological polar surface area (TPSA) is 53.1 Å². The highest BCUT2D eigenvalue weighted by Crippen LogP contribution is 2.19. The van der Waals surface area contributed by atoms with Gasteiger partial charge in [0.1, 0.15) is 5.75 Å². The van der Waals surface area contributed by atoms with E-state index in [4.69, 9.17) is 10.5 Å².